The summed E-state index contributed by atoms with van der Waals surface area (Å²) in [5.41, 5.74) is 6.88. The molecule has 1 unspecified atom stereocenters. The molecule has 4 heteroatoms. The molecule has 0 bridgehead atoms. The summed E-state index contributed by atoms with van der Waals surface area (Å²) in [7, 11) is 2.09. The van der Waals surface area contributed by atoms with Crippen LogP contribution in [-0.2, 0) is 0 Å². The van der Waals surface area contributed by atoms with Crippen molar-refractivity contribution in [2.24, 2.45) is 5.73 Å². The first-order chi connectivity index (χ1) is 9.69. The molecule has 1 amide bonds. The summed E-state index contributed by atoms with van der Waals surface area (Å²) in [5, 5.41) is 3.09. The number of nitrogens with one attached hydrogen (secondary N) is 1. The van der Waals surface area contributed by atoms with Gasteiger partial charge in [0.2, 0.25) is 0 Å². The summed E-state index contributed by atoms with van der Waals surface area (Å²) in [6, 6.07) is 7.57. The maximum Gasteiger partial charge on any atom is 0.251 e. The van der Waals surface area contributed by atoms with E-state index in [1.165, 1.54) is 0 Å². The number of rotatable bonds is 2. The Labute approximate surface area is 120 Å². The molecule has 0 spiro atoms. The van der Waals surface area contributed by atoms with Crippen molar-refractivity contribution in [3.05, 3.63) is 35.4 Å². The van der Waals surface area contributed by atoms with E-state index in [1.54, 1.807) is 0 Å². The number of likely N-dealkylation sites (N-methyl/N-ethyl adjacent to an activating group) is 1. The van der Waals surface area contributed by atoms with Crippen LogP contribution in [-0.4, -0.2) is 43.5 Å². The lowest BCUT2D eigenvalue weighted by atomic mass is 10.1. The zero-order chi connectivity index (χ0) is 14.4. The quantitative estimate of drug-likeness (QED) is 0.783. The van der Waals surface area contributed by atoms with Gasteiger partial charge < -0.3 is 16.0 Å². The van der Waals surface area contributed by atoms with E-state index in [2.05, 4.69) is 29.1 Å². The van der Waals surface area contributed by atoms with E-state index in [9.17, 15) is 4.79 Å². The predicted octanol–water partition coefficient (Wildman–Crippen LogP) is 0.821. The lowest BCUT2D eigenvalue weighted by Gasteiger charge is -2.30. The second kappa shape index (κ2) is 7.09. The van der Waals surface area contributed by atoms with Crippen LogP contribution >= 0.6 is 0 Å². The summed E-state index contributed by atoms with van der Waals surface area (Å²) >= 11 is 0. The average Bonchev–Trinajstić information content (AvgIpc) is 2.45. The SMILES string of the molecule is CN1CCCC(NC(=O)c2ccc(C#CCN)cc2)C1. The van der Waals surface area contributed by atoms with E-state index in [0.717, 1.165) is 31.5 Å². The molecule has 3 N–H and O–H groups in total. The second-order valence-electron chi connectivity index (χ2n) is 5.16. The third-order valence-corrected chi connectivity index (χ3v) is 3.44. The van der Waals surface area contributed by atoms with Crippen molar-refractivity contribution in [2.45, 2.75) is 18.9 Å². The van der Waals surface area contributed by atoms with Crippen LogP contribution in [0.1, 0.15) is 28.8 Å². The lowest BCUT2D eigenvalue weighted by molar-refractivity contribution is 0.0912. The van der Waals surface area contributed by atoms with Gasteiger partial charge in [0.15, 0.2) is 0 Å². The summed E-state index contributed by atoms with van der Waals surface area (Å²) in [6.07, 6.45) is 2.19. The predicted molar refractivity (Wildman–Crippen MR) is 80.4 cm³/mol. The molecule has 2 rings (SSSR count). The molecule has 1 aromatic rings. The lowest BCUT2D eigenvalue weighted by Crippen LogP contribution is -2.46. The van der Waals surface area contributed by atoms with Gasteiger partial charge in [-0.15, -0.1) is 0 Å². The molecule has 1 aliphatic heterocycles. The molecule has 0 saturated carbocycles. The second-order valence-corrected chi connectivity index (χ2v) is 5.16. The maximum absolute atomic E-state index is 12.2. The van der Waals surface area contributed by atoms with Crippen LogP contribution in [0.25, 0.3) is 0 Å². The molecule has 1 aliphatic rings. The van der Waals surface area contributed by atoms with Crippen molar-refractivity contribution >= 4 is 5.91 Å². The minimum Gasteiger partial charge on any atom is -0.348 e. The van der Waals surface area contributed by atoms with Gasteiger partial charge >= 0.3 is 0 Å². The Bertz CT molecular complexity index is 513. The van der Waals surface area contributed by atoms with E-state index in [1.807, 2.05) is 24.3 Å². The van der Waals surface area contributed by atoms with Crippen LogP contribution in [0, 0.1) is 11.8 Å². The minimum absolute atomic E-state index is 0.0105. The van der Waals surface area contributed by atoms with Crippen LogP contribution in [0.15, 0.2) is 24.3 Å². The van der Waals surface area contributed by atoms with Gasteiger partial charge in [0.25, 0.3) is 5.91 Å². The van der Waals surface area contributed by atoms with Gasteiger partial charge in [-0.1, -0.05) is 11.8 Å². The van der Waals surface area contributed by atoms with E-state index in [4.69, 9.17) is 5.73 Å². The number of carbonyl (C=O) groups excluding carboxylic acids is 1. The van der Waals surface area contributed by atoms with Crippen LogP contribution in [0.4, 0.5) is 0 Å². The zero-order valence-corrected chi connectivity index (χ0v) is 11.9. The number of benzene rings is 1. The summed E-state index contributed by atoms with van der Waals surface area (Å²) in [6.45, 7) is 2.38. The van der Waals surface area contributed by atoms with Crippen molar-refractivity contribution in [1.82, 2.24) is 10.2 Å². The van der Waals surface area contributed by atoms with E-state index >= 15 is 0 Å². The van der Waals surface area contributed by atoms with Crippen molar-refractivity contribution in [3.63, 3.8) is 0 Å². The fraction of sp³-hybridized carbons (Fsp3) is 0.438. The largest absolute Gasteiger partial charge is 0.348 e. The highest BCUT2D eigenvalue weighted by Crippen LogP contribution is 2.09. The highest BCUT2D eigenvalue weighted by atomic mass is 16.1. The Kier molecular flexibility index (Phi) is 5.16. The van der Waals surface area contributed by atoms with Crippen LogP contribution in [0.5, 0.6) is 0 Å². The van der Waals surface area contributed by atoms with E-state index in [0.29, 0.717) is 12.1 Å². The van der Waals surface area contributed by atoms with Crippen LogP contribution in [0.3, 0.4) is 0 Å². The third-order valence-electron chi connectivity index (χ3n) is 3.44. The Morgan fingerprint density at radius 3 is 2.85 bits per heavy atom. The molecular formula is C16H21N3O. The highest BCUT2D eigenvalue weighted by molar-refractivity contribution is 5.94. The summed E-state index contributed by atoms with van der Waals surface area (Å²) < 4.78 is 0. The third kappa shape index (κ3) is 4.09. The number of amides is 1. The van der Waals surface area contributed by atoms with Gasteiger partial charge in [-0.3, -0.25) is 4.79 Å². The molecular weight excluding hydrogens is 250 g/mol. The highest BCUT2D eigenvalue weighted by Gasteiger charge is 2.19. The maximum atomic E-state index is 12.2. The molecule has 1 heterocycles. The first-order valence-corrected chi connectivity index (χ1v) is 6.97. The van der Waals surface area contributed by atoms with Gasteiger partial charge in [0, 0.05) is 23.7 Å². The number of nitrogens with zero attached hydrogens (tertiary/aromatic N) is 1. The fourth-order valence-electron chi connectivity index (χ4n) is 2.41. The molecule has 0 aliphatic carbocycles. The van der Waals surface area contributed by atoms with Crippen molar-refractivity contribution in [1.29, 1.82) is 0 Å². The molecule has 4 nitrogen and oxygen atoms in total. The minimum atomic E-state index is -0.0105. The van der Waals surface area contributed by atoms with Gasteiger partial charge in [0.05, 0.1) is 6.54 Å². The molecule has 1 fully saturated rings. The molecule has 1 aromatic carbocycles. The zero-order valence-electron chi connectivity index (χ0n) is 11.9. The average molecular weight is 271 g/mol. The Morgan fingerprint density at radius 1 is 1.45 bits per heavy atom. The van der Waals surface area contributed by atoms with E-state index < -0.39 is 0 Å². The van der Waals surface area contributed by atoms with Gasteiger partial charge in [0.1, 0.15) is 0 Å². The molecule has 20 heavy (non-hydrogen) atoms. The molecule has 0 radical (unpaired) electrons. The normalized spacial score (nSPS) is 19.0. The number of carbonyl (C=O) groups is 1. The standard InChI is InChI=1S/C16H21N3O/c1-19-11-3-5-15(12-19)18-16(20)14-8-6-13(7-9-14)4-2-10-17/h6-9,15H,3,5,10-12,17H2,1H3,(H,18,20). The first-order valence-electron chi connectivity index (χ1n) is 6.97. The summed E-state index contributed by atoms with van der Waals surface area (Å²) in [4.78, 5) is 14.4. The van der Waals surface area contributed by atoms with Crippen molar-refractivity contribution in [3.8, 4) is 11.8 Å². The topological polar surface area (TPSA) is 58.4 Å². The molecule has 1 atom stereocenters. The van der Waals surface area contributed by atoms with Crippen LogP contribution < -0.4 is 11.1 Å². The number of piperidine rings is 1. The first kappa shape index (κ1) is 14.6. The van der Waals surface area contributed by atoms with Gasteiger partial charge in [-0.2, -0.15) is 0 Å². The van der Waals surface area contributed by atoms with Gasteiger partial charge in [-0.25, -0.2) is 0 Å². The van der Waals surface area contributed by atoms with Crippen molar-refractivity contribution < 1.29 is 4.79 Å². The number of nitrogens with two attached hydrogens (primary N) is 1. The fourth-order valence-corrected chi connectivity index (χ4v) is 2.41. The smallest absolute Gasteiger partial charge is 0.251 e. The monoisotopic (exact) mass is 271 g/mol. The van der Waals surface area contributed by atoms with Crippen LogP contribution in [0.2, 0.25) is 0 Å². The Morgan fingerprint density at radius 2 is 2.20 bits per heavy atom. The number of likely N-dealkylation sites (tertiary alicyclic amines) is 1. The molecule has 1 saturated heterocycles. The molecule has 0 aromatic heterocycles. The van der Waals surface area contributed by atoms with E-state index in [-0.39, 0.29) is 11.9 Å². The number of hydrogen-bond acceptors (Lipinski definition) is 3. The van der Waals surface area contributed by atoms with Gasteiger partial charge in [-0.05, 0) is 50.7 Å². The van der Waals surface area contributed by atoms with Crippen molar-refractivity contribution in [2.75, 3.05) is 26.7 Å². The molecule has 106 valence electrons. The Hall–Kier alpha value is -1.83. The number of hydrogen-bond donors (Lipinski definition) is 2. The summed E-state index contributed by atoms with van der Waals surface area (Å²) in [5.74, 6) is 5.73. The Balaban J connectivity index is 1.95.